The number of nitrogens with zero attached hydrogens (tertiary/aromatic N) is 6. The minimum atomic E-state index is -4.55. The largest absolute Gasteiger partial charge is 0.436 e. The maximum atomic E-state index is 13.4. The summed E-state index contributed by atoms with van der Waals surface area (Å²) in [4.78, 5) is 7.87. The number of hydrogen-bond donors (Lipinski definition) is 0. The Balaban J connectivity index is 1.73. The molecule has 0 aliphatic heterocycles. The van der Waals surface area contributed by atoms with Crippen molar-refractivity contribution in [3.8, 4) is 22.8 Å². The summed E-state index contributed by atoms with van der Waals surface area (Å²) in [6.45, 7) is 0. The Morgan fingerprint density at radius 3 is 2.42 bits per heavy atom. The van der Waals surface area contributed by atoms with Gasteiger partial charge in [-0.3, -0.25) is 0 Å². The summed E-state index contributed by atoms with van der Waals surface area (Å²) in [5.74, 6) is -0.0203. The average Bonchev–Trinajstić information content (AvgIpc) is 3.14. The van der Waals surface area contributed by atoms with Crippen molar-refractivity contribution in [1.82, 2.24) is 29.8 Å². The van der Waals surface area contributed by atoms with E-state index in [1.54, 1.807) is 24.3 Å². The predicted octanol–water partition coefficient (Wildman–Crippen LogP) is 5.20. The highest BCUT2D eigenvalue weighted by Gasteiger charge is 2.32. The zero-order valence-corrected chi connectivity index (χ0v) is 16.1. The molecule has 0 saturated carbocycles. The SMILES string of the molecule is FC(F)(F)c1ccc(-c2cncnc2)c(Oc2nn3c(Cl)nnc3c3ccccc23)c1. The van der Waals surface area contributed by atoms with Gasteiger partial charge in [-0.05, 0) is 35.9 Å². The van der Waals surface area contributed by atoms with Crippen LogP contribution in [0, 0.1) is 0 Å². The molecule has 154 valence electrons. The van der Waals surface area contributed by atoms with E-state index in [1.165, 1.54) is 29.3 Å². The van der Waals surface area contributed by atoms with E-state index in [1.807, 2.05) is 0 Å². The minimum absolute atomic E-state index is 0.00803. The van der Waals surface area contributed by atoms with Gasteiger partial charge in [0, 0.05) is 34.3 Å². The maximum Gasteiger partial charge on any atom is 0.416 e. The summed E-state index contributed by atoms with van der Waals surface area (Å²) < 4.78 is 47.3. The van der Waals surface area contributed by atoms with Crippen molar-refractivity contribution in [1.29, 1.82) is 0 Å². The smallest absolute Gasteiger partial charge is 0.416 e. The topological polar surface area (TPSA) is 78.1 Å². The zero-order chi connectivity index (χ0) is 21.6. The third-order valence-electron chi connectivity index (χ3n) is 4.58. The molecular formula is C20H10ClF3N6O. The summed E-state index contributed by atoms with van der Waals surface area (Å²) in [5.41, 5.74) is 0.387. The highest BCUT2D eigenvalue weighted by molar-refractivity contribution is 6.28. The van der Waals surface area contributed by atoms with Crippen molar-refractivity contribution in [2.75, 3.05) is 0 Å². The molecule has 0 amide bonds. The van der Waals surface area contributed by atoms with Crippen LogP contribution in [0.25, 0.3) is 27.5 Å². The molecule has 0 atom stereocenters. The second-order valence-corrected chi connectivity index (χ2v) is 6.83. The molecule has 3 heterocycles. The second kappa shape index (κ2) is 7.17. The van der Waals surface area contributed by atoms with Gasteiger partial charge in [0.15, 0.2) is 5.65 Å². The van der Waals surface area contributed by atoms with Crippen LogP contribution < -0.4 is 4.74 Å². The fourth-order valence-electron chi connectivity index (χ4n) is 3.17. The Morgan fingerprint density at radius 2 is 1.68 bits per heavy atom. The molecule has 7 nitrogen and oxygen atoms in total. The van der Waals surface area contributed by atoms with Crippen LogP contribution in [0.3, 0.4) is 0 Å². The number of alkyl halides is 3. The minimum Gasteiger partial charge on any atom is -0.436 e. The van der Waals surface area contributed by atoms with Gasteiger partial charge in [0.1, 0.15) is 12.1 Å². The highest BCUT2D eigenvalue weighted by atomic mass is 35.5. The number of ether oxygens (including phenoxy) is 1. The van der Waals surface area contributed by atoms with Crippen molar-refractivity contribution >= 4 is 28.0 Å². The molecule has 0 radical (unpaired) electrons. The monoisotopic (exact) mass is 442 g/mol. The van der Waals surface area contributed by atoms with Crippen molar-refractivity contribution < 1.29 is 17.9 Å². The van der Waals surface area contributed by atoms with E-state index < -0.39 is 11.7 Å². The molecular weight excluding hydrogens is 433 g/mol. The molecule has 0 aliphatic rings. The second-order valence-electron chi connectivity index (χ2n) is 6.49. The quantitative estimate of drug-likeness (QED) is 0.382. The first-order valence-corrected chi connectivity index (χ1v) is 9.24. The third-order valence-corrected chi connectivity index (χ3v) is 4.81. The lowest BCUT2D eigenvalue weighted by Gasteiger charge is -2.15. The number of fused-ring (bicyclic) bond motifs is 3. The van der Waals surface area contributed by atoms with Gasteiger partial charge in [-0.15, -0.1) is 15.3 Å². The van der Waals surface area contributed by atoms with Crippen LogP contribution in [-0.4, -0.2) is 29.8 Å². The normalized spacial score (nSPS) is 11.9. The summed E-state index contributed by atoms with van der Waals surface area (Å²) in [6.07, 6.45) is -0.270. The lowest BCUT2D eigenvalue weighted by molar-refractivity contribution is -0.137. The molecule has 5 rings (SSSR count). The molecule has 0 saturated heterocycles. The van der Waals surface area contributed by atoms with Crippen LogP contribution >= 0.6 is 11.6 Å². The van der Waals surface area contributed by atoms with Crippen LogP contribution in [-0.2, 0) is 6.18 Å². The van der Waals surface area contributed by atoms with E-state index in [-0.39, 0.29) is 16.9 Å². The highest BCUT2D eigenvalue weighted by Crippen LogP contribution is 2.40. The van der Waals surface area contributed by atoms with Crippen LogP contribution in [0.15, 0.2) is 61.2 Å². The Kier molecular flexibility index (Phi) is 4.44. The number of rotatable bonds is 3. The molecule has 11 heteroatoms. The standard InChI is InChI=1S/C20H10ClF3N6O/c21-19-28-27-17-14-3-1-2-4-15(14)18(29-30(17)19)31-16-7-12(20(22,23)24)5-6-13(16)11-8-25-10-26-9-11/h1-10H. The van der Waals surface area contributed by atoms with Gasteiger partial charge < -0.3 is 4.74 Å². The van der Waals surface area contributed by atoms with Gasteiger partial charge in [0.25, 0.3) is 0 Å². The summed E-state index contributed by atoms with van der Waals surface area (Å²) >= 11 is 6.07. The van der Waals surface area contributed by atoms with Crippen molar-refractivity contribution in [2.24, 2.45) is 0 Å². The third kappa shape index (κ3) is 3.40. The number of aromatic nitrogens is 6. The summed E-state index contributed by atoms with van der Waals surface area (Å²) in [6, 6.07) is 10.2. The fraction of sp³-hybridized carbons (Fsp3) is 0.0500. The van der Waals surface area contributed by atoms with Crippen LogP contribution in [0.1, 0.15) is 5.56 Å². The van der Waals surface area contributed by atoms with Gasteiger partial charge in [0.05, 0.1) is 5.56 Å². The molecule has 0 N–H and O–H groups in total. The predicted molar refractivity (Wildman–Crippen MR) is 106 cm³/mol. The maximum absolute atomic E-state index is 13.4. The van der Waals surface area contributed by atoms with Crippen LogP contribution in [0.2, 0.25) is 5.28 Å². The van der Waals surface area contributed by atoms with Crippen LogP contribution in [0.5, 0.6) is 11.6 Å². The van der Waals surface area contributed by atoms with Crippen molar-refractivity contribution in [3.05, 3.63) is 72.0 Å². The van der Waals surface area contributed by atoms with E-state index >= 15 is 0 Å². The van der Waals surface area contributed by atoms with Crippen molar-refractivity contribution in [2.45, 2.75) is 6.18 Å². The summed E-state index contributed by atoms with van der Waals surface area (Å²) in [7, 11) is 0. The first kappa shape index (κ1) is 19.2. The molecule has 0 aliphatic carbocycles. The molecule has 31 heavy (non-hydrogen) atoms. The van der Waals surface area contributed by atoms with Crippen molar-refractivity contribution in [3.63, 3.8) is 0 Å². The number of benzene rings is 2. The van der Waals surface area contributed by atoms with E-state index in [4.69, 9.17) is 16.3 Å². The van der Waals surface area contributed by atoms with E-state index in [9.17, 15) is 13.2 Å². The van der Waals surface area contributed by atoms with E-state index in [2.05, 4.69) is 25.3 Å². The number of halogens is 4. The molecule has 0 fully saturated rings. The van der Waals surface area contributed by atoms with E-state index in [0.717, 1.165) is 12.1 Å². The summed E-state index contributed by atoms with van der Waals surface area (Å²) in [5, 5.41) is 13.3. The first-order valence-electron chi connectivity index (χ1n) is 8.86. The molecule has 0 spiro atoms. The van der Waals surface area contributed by atoms with Gasteiger partial charge in [-0.1, -0.05) is 18.2 Å². The van der Waals surface area contributed by atoms with Crippen LogP contribution in [0.4, 0.5) is 13.2 Å². The average molecular weight is 443 g/mol. The van der Waals surface area contributed by atoms with Gasteiger partial charge in [0.2, 0.25) is 11.2 Å². The van der Waals surface area contributed by atoms with Gasteiger partial charge in [-0.2, -0.15) is 17.7 Å². The fourth-order valence-corrected chi connectivity index (χ4v) is 3.32. The Labute approximate surface area is 177 Å². The van der Waals surface area contributed by atoms with Gasteiger partial charge >= 0.3 is 6.18 Å². The first-order chi connectivity index (χ1) is 14.9. The lowest BCUT2D eigenvalue weighted by Crippen LogP contribution is -2.06. The van der Waals surface area contributed by atoms with E-state index in [0.29, 0.717) is 27.5 Å². The molecule has 3 aromatic heterocycles. The zero-order valence-electron chi connectivity index (χ0n) is 15.4. The molecule has 2 aromatic carbocycles. The number of hydrogen-bond acceptors (Lipinski definition) is 6. The van der Waals surface area contributed by atoms with Gasteiger partial charge in [-0.25, -0.2) is 9.97 Å². The molecule has 0 bridgehead atoms. The Bertz CT molecular complexity index is 1420. The Hall–Kier alpha value is -3.79. The molecule has 5 aromatic rings. The lowest BCUT2D eigenvalue weighted by atomic mass is 10.0. The Morgan fingerprint density at radius 1 is 0.935 bits per heavy atom. The molecule has 0 unspecified atom stereocenters.